The number of nitrogens with zero attached hydrogens (tertiary/aromatic N) is 4. The van der Waals surface area contributed by atoms with Crippen LogP contribution in [0.25, 0.3) is 0 Å². The molecule has 1 heterocycles. The first-order valence-corrected chi connectivity index (χ1v) is 7.93. The number of anilines is 1. The third kappa shape index (κ3) is 4.09. The lowest BCUT2D eigenvalue weighted by Gasteiger charge is -2.10. The van der Waals surface area contributed by atoms with Gasteiger partial charge in [0.25, 0.3) is 11.3 Å². The van der Waals surface area contributed by atoms with Crippen molar-refractivity contribution in [1.82, 2.24) is 20.2 Å². The number of thioether (sulfide) groups is 1. The molecule has 1 atom stereocenters. The summed E-state index contributed by atoms with van der Waals surface area (Å²) < 4.78 is 23.8. The van der Waals surface area contributed by atoms with Gasteiger partial charge in [-0.2, -0.15) is 0 Å². The topological polar surface area (TPSA) is 110 Å². The lowest BCUT2D eigenvalue weighted by atomic mass is 10.1. The van der Waals surface area contributed by atoms with Gasteiger partial charge in [0.2, 0.25) is 5.16 Å². The van der Waals surface area contributed by atoms with Gasteiger partial charge in [-0.25, -0.2) is 8.89 Å². The van der Waals surface area contributed by atoms with Crippen LogP contribution in [-0.2, 0) is 24.1 Å². The largest absolute Gasteiger partial charge is 0.295 e. The second-order valence-corrected chi connectivity index (χ2v) is 5.80. The average molecular weight is 327 g/mol. The van der Waals surface area contributed by atoms with Crippen molar-refractivity contribution in [3.63, 3.8) is 0 Å². The first-order valence-electron chi connectivity index (χ1n) is 5.84. The molecule has 0 saturated carbocycles. The molecular weight excluding hydrogens is 314 g/mol. The predicted octanol–water partition coefficient (Wildman–Crippen LogP) is 1.25. The van der Waals surface area contributed by atoms with Crippen molar-refractivity contribution in [2.24, 2.45) is 7.05 Å². The van der Waals surface area contributed by atoms with Crippen LogP contribution in [0.15, 0.2) is 23.4 Å². The van der Waals surface area contributed by atoms with Gasteiger partial charge in [-0.1, -0.05) is 11.8 Å². The van der Waals surface area contributed by atoms with E-state index in [9.17, 15) is 9.00 Å². The fourth-order valence-electron chi connectivity index (χ4n) is 1.61. The van der Waals surface area contributed by atoms with Crippen molar-refractivity contribution in [1.29, 1.82) is 0 Å². The highest BCUT2D eigenvalue weighted by atomic mass is 32.2. The summed E-state index contributed by atoms with van der Waals surface area (Å²) in [5, 5.41) is 11.7. The van der Waals surface area contributed by atoms with Crippen molar-refractivity contribution in [2.45, 2.75) is 17.8 Å². The Balaban J connectivity index is 2.25. The zero-order valence-electron chi connectivity index (χ0n) is 11.3. The van der Waals surface area contributed by atoms with Crippen LogP contribution in [0.3, 0.4) is 0 Å². The van der Waals surface area contributed by atoms with Crippen LogP contribution in [0.4, 0.5) is 5.69 Å². The van der Waals surface area contributed by atoms with E-state index in [2.05, 4.69) is 20.2 Å². The average Bonchev–Trinajstić information content (AvgIpc) is 2.82. The number of carbonyl (C=O) groups excluding carboxylic acids is 1. The van der Waals surface area contributed by atoms with Gasteiger partial charge < -0.3 is 0 Å². The molecule has 21 heavy (non-hydrogen) atoms. The second-order valence-electron chi connectivity index (χ2n) is 4.15. The van der Waals surface area contributed by atoms with E-state index in [1.165, 1.54) is 23.4 Å². The van der Waals surface area contributed by atoms with Gasteiger partial charge in [-0.3, -0.25) is 14.1 Å². The maximum atomic E-state index is 11.4. The van der Waals surface area contributed by atoms with E-state index >= 15 is 0 Å². The Morgan fingerprint density at radius 1 is 1.52 bits per heavy atom. The molecule has 2 rings (SSSR count). The van der Waals surface area contributed by atoms with Crippen molar-refractivity contribution < 1.29 is 13.6 Å². The van der Waals surface area contributed by atoms with E-state index in [4.69, 9.17) is 4.55 Å². The lowest BCUT2D eigenvalue weighted by Crippen LogP contribution is -2.06. The molecule has 0 spiro atoms. The molecule has 112 valence electrons. The van der Waals surface area contributed by atoms with Gasteiger partial charge in [0.05, 0.1) is 5.69 Å². The highest BCUT2D eigenvalue weighted by molar-refractivity contribution is 7.98. The molecule has 8 nitrogen and oxygen atoms in total. The fourth-order valence-corrected chi connectivity index (χ4v) is 2.84. The van der Waals surface area contributed by atoms with E-state index in [1.807, 2.05) is 0 Å². The van der Waals surface area contributed by atoms with Crippen LogP contribution in [0, 0.1) is 0 Å². The summed E-state index contributed by atoms with van der Waals surface area (Å²) in [5.41, 5.74) is 1.75. The maximum Gasteiger partial charge on any atom is 0.259 e. The minimum absolute atomic E-state index is 0.0711. The Morgan fingerprint density at radius 3 is 2.86 bits per heavy atom. The van der Waals surface area contributed by atoms with Gasteiger partial charge in [-0.15, -0.1) is 5.10 Å². The number of carbonyl (C=O) groups is 1. The highest BCUT2D eigenvalue weighted by Crippen LogP contribution is 2.26. The van der Waals surface area contributed by atoms with Crippen LogP contribution in [-0.4, -0.2) is 34.8 Å². The first-order chi connectivity index (χ1) is 9.97. The van der Waals surface area contributed by atoms with Crippen LogP contribution < -0.4 is 4.72 Å². The highest BCUT2D eigenvalue weighted by Gasteiger charge is 2.11. The number of aryl methyl sites for hydroxylation is 1. The van der Waals surface area contributed by atoms with E-state index in [0.29, 0.717) is 22.2 Å². The number of ketones is 1. The molecule has 1 aromatic carbocycles. The zero-order chi connectivity index (χ0) is 15.4. The Hall–Kier alpha value is -1.78. The number of hydrogen-bond donors (Lipinski definition) is 2. The standard InChI is InChI=1S/C11H13N5O3S2/c1-7(17)8-3-4-10(13-21(18)19)9(5-8)6-20-11-12-14-15-16(11)2/h3-5,13H,6H2,1-2H3,(H,18,19). The summed E-state index contributed by atoms with van der Waals surface area (Å²) in [6.07, 6.45) is 0. The summed E-state index contributed by atoms with van der Waals surface area (Å²) in [4.78, 5) is 11.4. The number of nitrogens with one attached hydrogen (secondary N) is 1. The minimum Gasteiger partial charge on any atom is -0.295 e. The van der Waals surface area contributed by atoms with Crippen molar-refractivity contribution in [2.75, 3.05) is 4.72 Å². The summed E-state index contributed by atoms with van der Waals surface area (Å²) in [5.74, 6) is 0.382. The molecule has 0 aliphatic heterocycles. The Bertz CT molecular complexity index is 688. The number of Topliss-reactive ketones (excluding diaryl/α,β-unsaturated/α-hetero) is 1. The molecule has 0 fully saturated rings. The number of benzene rings is 1. The number of rotatable bonds is 6. The molecule has 0 aliphatic carbocycles. The smallest absolute Gasteiger partial charge is 0.259 e. The molecule has 0 amide bonds. The third-order valence-electron chi connectivity index (χ3n) is 2.65. The first kappa shape index (κ1) is 15.6. The van der Waals surface area contributed by atoms with Crippen molar-refractivity contribution >= 4 is 34.5 Å². The molecule has 2 aromatic rings. The molecule has 1 aromatic heterocycles. The van der Waals surface area contributed by atoms with E-state index in [1.54, 1.807) is 25.2 Å². The molecule has 0 saturated heterocycles. The summed E-state index contributed by atoms with van der Waals surface area (Å²) in [6, 6.07) is 4.90. The summed E-state index contributed by atoms with van der Waals surface area (Å²) >= 11 is -0.815. The Labute approximate surface area is 127 Å². The molecule has 2 N–H and O–H groups in total. The molecule has 0 aliphatic rings. The minimum atomic E-state index is -2.18. The second kappa shape index (κ2) is 6.78. The predicted molar refractivity (Wildman–Crippen MR) is 79.2 cm³/mol. The van der Waals surface area contributed by atoms with Crippen LogP contribution in [0.2, 0.25) is 0 Å². The number of aromatic nitrogens is 4. The van der Waals surface area contributed by atoms with Crippen LogP contribution in [0.5, 0.6) is 0 Å². The molecule has 10 heteroatoms. The lowest BCUT2D eigenvalue weighted by molar-refractivity contribution is 0.101. The van der Waals surface area contributed by atoms with Gasteiger partial charge in [0.1, 0.15) is 0 Å². The maximum absolute atomic E-state index is 11.4. The number of hydrogen-bond acceptors (Lipinski definition) is 6. The van der Waals surface area contributed by atoms with Gasteiger partial charge in [0.15, 0.2) is 5.78 Å². The molecule has 1 unspecified atom stereocenters. The third-order valence-corrected chi connectivity index (χ3v) is 4.10. The van der Waals surface area contributed by atoms with E-state index in [-0.39, 0.29) is 5.78 Å². The molecule has 0 bridgehead atoms. The van der Waals surface area contributed by atoms with Crippen LogP contribution in [0.1, 0.15) is 22.8 Å². The van der Waals surface area contributed by atoms with Crippen LogP contribution >= 0.6 is 11.8 Å². The monoisotopic (exact) mass is 327 g/mol. The SMILES string of the molecule is CC(=O)c1ccc(NS(=O)O)c(CSc2nnnn2C)c1. The molecule has 0 radical (unpaired) electrons. The quantitative estimate of drug-likeness (QED) is 0.467. The number of tetrazole rings is 1. The zero-order valence-corrected chi connectivity index (χ0v) is 12.9. The summed E-state index contributed by atoms with van der Waals surface area (Å²) in [6.45, 7) is 1.47. The fraction of sp³-hybridized carbons (Fsp3) is 0.273. The van der Waals surface area contributed by atoms with Gasteiger partial charge in [0, 0.05) is 18.4 Å². The summed E-state index contributed by atoms with van der Waals surface area (Å²) in [7, 11) is 1.72. The van der Waals surface area contributed by atoms with Crippen molar-refractivity contribution in [3.8, 4) is 0 Å². The van der Waals surface area contributed by atoms with E-state index in [0.717, 1.165) is 5.56 Å². The van der Waals surface area contributed by atoms with Gasteiger partial charge in [-0.05, 0) is 41.1 Å². The van der Waals surface area contributed by atoms with Crippen molar-refractivity contribution in [3.05, 3.63) is 29.3 Å². The van der Waals surface area contributed by atoms with Gasteiger partial charge >= 0.3 is 0 Å². The molecular formula is C11H13N5O3S2. The Kier molecular flexibility index (Phi) is 5.04. The van der Waals surface area contributed by atoms with E-state index < -0.39 is 11.3 Å². The Morgan fingerprint density at radius 2 is 2.29 bits per heavy atom. The normalized spacial score (nSPS) is 12.1.